The largest absolute Gasteiger partial charge is 0.495 e. The fourth-order valence-corrected chi connectivity index (χ4v) is 7.57. The quantitative estimate of drug-likeness (QED) is 0.393. The maximum atomic E-state index is 13.9. The maximum Gasteiger partial charge on any atom is 0.243 e. The average Bonchev–Trinajstić information content (AvgIpc) is 3.62. The molecular formula is C26H29F2N3O6S2. The summed E-state index contributed by atoms with van der Waals surface area (Å²) in [5.74, 6) is -1.76. The Bertz CT molecular complexity index is 1430. The first-order chi connectivity index (χ1) is 18.7. The van der Waals surface area contributed by atoms with Crippen molar-refractivity contribution in [3.63, 3.8) is 0 Å². The van der Waals surface area contributed by atoms with Crippen LogP contribution in [0.5, 0.6) is 11.5 Å². The van der Waals surface area contributed by atoms with Gasteiger partial charge in [-0.05, 0) is 56.0 Å². The number of methoxy groups -OCH3 is 2. The van der Waals surface area contributed by atoms with Gasteiger partial charge in [-0.25, -0.2) is 22.2 Å². The van der Waals surface area contributed by atoms with E-state index in [1.165, 1.54) is 15.6 Å². The van der Waals surface area contributed by atoms with Gasteiger partial charge in [0.2, 0.25) is 15.9 Å². The predicted molar refractivity (Wildman–Crippen MR) is 142 cm³/mol. The van der Waals surface area contributed by atoms with Gasteiger partial charge < -0.3 is 14.2 Å². The molecule has 1 unspecified atom stereocenters. The van der Waals surface area contributed by atoms with Crippen molar-refractivity contribution in [2.45, 2.75) is 36.7 Å². The molecular weight excluding hydrogens is 552 g/mol. The number of carbonyl (C=O) groups excluding carboxylic acids is 1. The molecule has 0 bridgehead atoms. The van der Waals surface area contributed by atoms with E-state index < -0.39 is 27.6 Å². The van der Waals surface area contributed by atoms with Crippen LogP contribution < -0.4 is 14.4 Å². The number of sulfonamides is 1. The summed E-state index contributed by atoms with van der Waals surface area (Å²) < 4.78 is 71.8. The van der Waals surface area contributed by atoms with Crippen molar-refractivity contribution < 1.29 is 36.2 Å². The second-order valence-electron chi connectivity index (χ2n) is 9.48. The smallest absolute Gasteiger partial charge is 0.243 e. The molecule has 0 spiro atoms. The van der Waals surface area contributed by atoms with Crippen molar-refractivity contribution in [3.05, 3.63) is 42.0 Å². The Kier molecular flexibility index (Phi) is 8.04. The zero-order chi connectivity index (χ0) is 27.7. The highest BCUT2D eigenvalue weighted by molar-refractivity contribution is 7.89. The standard InChI is InChI=1S/C26H29F2N3O6S2/c1-35-21-7-8-22(36-2)24-23(21)29-26(38-24)31(15-17-4-3-13-37-17)25(32)16-9-11-30(12-10-16)39(33,34)18-5-6-19(27)20(28)14-18/h5-8,14,16-17H,3-4,9-13,15H2,1-2H3. The van der Waals surface area contributed by atoms with Gasteiger partial charge in [0.1, 0.15) is 21.7 Å². The number of aromatic nitrogens is 1. The number of carbonyl (C=O) groups is 1. The number of anilines is 1. The van der Waals surface area contributed by atoms with Gasteiger partial charge in [-0.3, -0.25) is 9.69 Å². The number of benzene rings is 2. The molecule has 0 radical (unpaired) electrons. The first-order valence-corrected chi connectivity index (χ1v) is 14.9. The Morgan fingerprint density at radius 1 is 1.10 bits per heavy atom. The van der Waals surface area contributed by atoms with Crippen molar-refractivity contribution in [3.8, 4) is 11.5 Å². The molecule has 2 aliphatic heterocycles. The number of amides is 1. The van der Waals surface area contributed by atoms with Crippen LogP contribution in [0.3, 0.4) is 0 Å². The van der Waals surface area contributed by atoms with Gasteiger partial charge in [-0.1, -0.05) is 11.3 Å². The van der Waals surface area contributed by atoms with Crippen LogP contribution in [-0.4, -0.2) is 70.2 Å². The number of piperidine rings is 1. The molecule has 2 saturated heterocycles. The van der Waals surface area contributed by atoms with E-state index in [0.29, 0.717) is 41.4 Å². The Labute approximate surface area is 229 Å². The molecule has 3 aromatic rings. The molecule has 2 aromatic carbocycles. The maximum absolute atomic E-state index is 13.9. The molecule has 5 rings (SSSR count). The molecule has 13 heteroatoms. The lowest BCUT2D eigenvalue weighted by atomic mass is 9.96. The zero-order valence-electron chi connectivity index (χ0n) is 21.6. The highest BCUT2D eigenvalue weighted by Gasteiger charge is 2.36. The monoisotopic (exact) mass is 581 g/mol. The normalized spacial score (nSPS) is 18.9. The molecule has 2 fully saturated rings. The number of hydrogen-bond donors (Lipinski definition) is 0. The molecule has 3 heterocycles. The molecule has 0 N–H and O–H groups in total. The summed E-state index contributed by atoms with van der Waals surface area (Å²) in [6.07, 6.45) is 2.17. The van der Waals surface area contributed by atoms with Gasteiger partial charge in [0.05, 0.1) is 31.8 Å². The third-order valence-corrected chi connectivity index (χ3v) is 10.1. The highest BCUT2D eigenvalue weighted by Crippen LogP contribution is 2.41. The highest BCUT2D eigenvalue weighted by atomic mass is 32.2. The van der Waals surface area contributed by atoms with Crippen molar-refractivity contribution in [2.24, 2.45) is 5.92 Å². The van der Waals surface area contributed by atoms with E-state index >= 15 is 0 Å². The lowest BCUT2D eigenvalue weighted by Gasteiger charge is -2.33. The van der Waals surface area contributed by atoms with E-state index in [1.807, 2.05) is 0 Å². The van der Waals surface area contributed by atoms with Crippen molar-refractivity contribution in [1.29, 1.82) is 0 Å². The van der Waals surface area contributed by atoms with Crippen LogP contribution in [0.15, 0.2) is 35.2 Å². The van der Waals surface area contributed by atoms with E-state index in [9.17, 15) is 22.0 Å². The summed E-state index contributed by atoms with van der Waals surface area (Å²) in [5.41, 5.74) is 0.592. The van der Waals surface area contributed by atoms with E-state index in [0.717, 1.165) is 29.7 Å². The Morgan fingerprint density at radius 2 is 1.82 bits per heavy atom. The minimum absolute atomic E-state index is 0.0764. The fourth-order valence-electron chi connectivity index (χ4n) is 4.99. The van der Waals surface area contributed by atoms with E-state index in [1.54, 1.807) is 31.3 Å². The molecule has 9 nitrogen and oxygen atoms in total. The van der Waals surface area contributed by atoms with Gasteiger partial charge in [-0.2, -0.15) is 4.31 Å². The molecule has 1 aromatic heterocycles. The summed E-state index contributed by atoms with van der Waals surface area (Å²) in [6.45, 7) is 1.12. The van der Waals surface area contributed by atoms with Gasteiger partial charge in [0.15, 0.2) is 16.8 Å². The number of halogens is 2. The number of rotatable bonds is 8. The van der Waals surface area contributed by atoms with Crippen molar-refractivity contribution in [1.82, 2.24) is 9.29 Å². The van der Waals surface area contributed by atoms with E-state index in [-0.39, 0.29) is 42.8 Å². The molecule has 1 atom stereocenters. The summed E-state index contributed by atoms with van der Waals surface area (Å²) in [7, 11) is -0.910. The first kappa shape index (κ1) is 27.7. The Hall–Kier alpha value is -2.87. The summed E-state index contributed by atoms with van der Waals surface area (Å²) in [5, 5.41) is 0.491. The third-order valence-electron chi connectivity index (χ3n) is 7.14. The number of hydrogen-bond acceptors (Lipinski definition) is 8. The summed E-state index contributed by atoms with van der Waals surface area (Å²) in [4.78, 5) is 20.0. The minimum Gasteiger partial charge on any atom is -0.495 e. The van der Waals surface area contributed by atoms with Crippen LogP contribution in [0.2, 0.25) is 0 Å². The van der Waals surface area contributed by atoms with E-state index in [2.05, 4.69) is 0 Å². The first-order valence-electron chi connectivity index (χ1n) is 12.6. The van der Waals surface area contributed by atoms with Crippen LogP contribution in [-0.2, 0) is 19.6 Å². The molecule has 210 valence electrons. The SMILES string of the molecule is COc1ccc(OC)c2sc(N(CC3CCCO3)C(=O)C3CCN(S(=O)(=O)c4ccc(F)c(F)c4)CC3)nc12. The predicted octanol–water partition coefficient (Wildman–Crippen LogP) is 4.20. The second-order valence-corrected chi connectivity index (χ2v) is 12.4. The second kappa shape index (κ2) is 11.3. The Balaban J connectivity index is 1.38. The Morgan fingerprint density at radius 3 is 2.46 bits per heavy atom. The summed E-state index contributed by atoms with van der Waals surface area (Å²) in [6, 6.07) is 6.08. The zero-order valence-corrected chi connectivity index (χ0v) is 23.2. The minimum atomic E-state index is -4.03. The van der Waals surface area contributed by atoms with E-state index in [4.69, 9.17) is 19.2 Å². The van der Waals surface area contributed by atoms with Crippen LogP contribution in [0.25, 0.3) is 10.2 Å². The number of ether oxygens (including phenoxy) is 3. The number of thiazole rings is 1. The molecule has 2 aliphatic rings. The molecule has 1 amide bonds. The lowest BCUT2D eigenvalue weighted by Crippen LogP contribution is -2.46. The molecule has 0 saturated carbocycles. The van der Waals surface area contributed by atoms with Crippen molar-refractivity contribution in [2.75, 3.05) is 45.4 Å². The van der Waals surface area contributed by atoms with Crippen LogP contribution in [0, 0.1) is 17.6 Å². The molecule has 39 heavy (non-hydrogen) atoms. The van der Waals surface area contributed by atoms with Gasteiger partial charge in [0, 0.05) is 25.6 Å². The molecule has 0 aliphatic carbocycles. The van der Waals surface area contributed by atoms with Gasteiger partial charge in [-0.15, -0.1) is 0 Å². The van der Waals surface area contributed by atoms with Gasteiger partial charge in [0.25, 0.3) is 0 Å². The summed E-state index contributed by atoms with van der Waals surface area (Å²) >= 11 is 1.33. The van der Waals surface area contributed by atoms with Crippen molar-refractivity contribution >= 4 is 42.6 Å². The lowest BCUT2D eigenvalue weighted by molar-refractivity contribution is -0.123. The third kappa shape index (κ3) is 5.45. The van der Waals surface area contributed by atoms with Crippen LogP contribution in [0.4, 0.5) is 13.9 Å². The fraction of sp³-hybridized carbons (Fsp3) is 0.462. The number of fused-ring (bicyclic) bond motifs is 1. The average molecular weight is 582 g/mol. The van der Waals surface area contributed by atoms with Crippen LogP contribution >= 0.6 is 11.3 Å². The topological polar surface area (TPSA) is 98.3 Å². The van der Waals surface area contributed by atoms with Gasteiger partial charge >= 0.3 is 0 Å². The number of nitrogens with zero attached hydrogens (tertiary/aromatic N) is 3. The van der Waals surface area contributed by atoms with Crippen LogP contribution in [0.1, 0.15) is 25.7 Å².